The first-order chi connectivity index (χ1) is 11.1. The Morgan fingerprint density at radius 2 is 1.96 bits per heavy atom. The van der Waals surface area contributed by atoms with Crippen LogP contribution >= 0.6 is 11.6 Å². The van der Waals surface area contributed by atoms with Gasteiger partial charge in [0, 0.05) is 16.7 Å². The normalized spacial score (nSPS) is 10.6. The predicted molar refractivity (Wildman–Crippen MR) is 89.8 cm³/mol. The monoisotopic (exact) mass is 332 g/mol. The molecule has 0 saturated heterocycles. The van der Waals surface area contributed by atoms with Gasteiger partial charge in [0.1, 0.15) is 18.1 Å². The average Bonchev–Trinajstić information content (AvgIpc) is 2.57. The third-order valence-electron chi connectivity index (χ3n) is 3.11. The lowest BCUT2D eigenvalue weighted by molar-refractivity contribution is -0.138. The summed E-state index contributed by atoms with van der Waals surface area (Å²) in [6.07, 6.45) is 2.98. The molecule has 0 spiro atoms. The fraction of sp³-hybridized carbons (Fsp3) is 0.167. The topological polar surface area (TPSA) is 44.8 Å². The number of halogens is 1. The van der Waals surface area contributed by atoms with E-state index in [0.717, 1.165) is 11.1 Å². The van der Waals surface area contributed by atoms with E-state index < -0.39 is 5.97 Å². The maximum atomic E-state index is 11.8. The van der Waals surface area contributed by atoms with Crippen molar-refractivity contribution >= 4 is 23.6 Å². The van der Waals surface area contributed by atoms with Crippen LogP contribution in [-0.2, 0) is 16.1 Å². The molecular weight excluding hydrogens is 316 g/mol. The Hall–Kier alpha value is -2.46. The third kappa shape index (κ3) is 5.04. The Kier molecular flexibility index (Phi) is 6.06. The number of hydrogen-bond acceptors (Lipinski definition) is 4. The zero-order valence-electron chi connectivity index (χ0n) is 12.9. The summed E-state index contributed by atoms with van der Waals surface area (Å²) in [4.78, 5) is 11.8. The summed E-state index contributed by atoms with van der Waals surface area (Å²) in [6, 6.07) is 12.5. The number of ether oxygens (including phenoxy) is 3. The minimum atomic E-state index is -0.449. The van der Waals surface area contributed by atoms with Gasteiger partial charge in [0.05, 0.1) is 14.2 Å². The van der Waals surface area contributed by atoms with Crippen molar-refractivity contribution in [2.75, 3.05) is 14.2 Å². The van der Waals surface area contributed by atoms with Crippen LogP contribution in [0.4, 0.5) is 0 Å². The first-order valence-electron chi connectivity index (χ1n) is 6.93. The number of carbonyl (C=O) groups is 1. The van der Waals surface area contributed by atoms with Crippen molar-refractivity contribution in [3.8, 4) is 11.5 Å². The lowest BCUT2D eigenvalue weighted by Crippen LogP contribution is -2.00. The highest BCUT2D eigenvalue weighted by atomic mass is 35.5. The molecule has 0 aliphatic heterocycles. The third-order valence-corrected chi connectivity index (χ3v) is 3.34. The molecular formula is C18H17ClO4. The predicted octanol–water partition coefficient (Wildman–Crippen LogP) is 4.11. The van der Waals surface area contributed by atoms with Gasteiger partial charge in [-0.2, -0.15) is 0 Å². The number of methoxy groups -OCH3 is 2. The van der Waals surface area contributed by atoms with Crippen LogP contribution < -0.4 is 9.47 Å². The molecule has 0 unspecified atom stereocenters. The molecule has 0 radical (unpaired) electrons. The first kappa shape index (κ1) is 16.9. The summed E-state index contributed by atoms with van der Waals surface area (Å²) in [5.41, 5.74) is 1.56. The Labute approximate surface area is 140 Å². The van der Waals surface area contributed by atoms with E-state index in [1.165, 1.54) is 6.08 Å². The zero-order valence-corrected chi connectivity index (χ0v) is 13.7. The van der Waals surface area contributed by atoms with Gasteiger partial charge in [-0.25, -0.2) is 4.79 Å². The van der Waals surface area contributed by atoms with Crippen LogP contribution in [0.3, 0.4) is 0 Å². The fourth-order valence-corrected chi connectivity index (χ4v) is 2.17. The average molecular weight is 333 g/mol. The van der Waals surface area contributed by atoms with Crippen LogP contribution in [0.15, 0.2) is 48.5 Å². The molecule has 2 aromatic rings. The molecule has 5 heteroatoms. The summed E-state index contributed by atoms with van der Waals surface area (Å²) in [6.45, 7) is 0.166. The van der Waals surface area contributed by atoms with Crippen LogP contribution in [-0.4, -0.2) is 20.2 Å². The maximum absolute atomic E-state index is 11.8. The summed E-state index contributed by atoms with van der Waals surface area (Å²) < 4.78 is 15.6. The quantitative estimate of drug-likeness (QED) is 0.590. The fourth-order valence-electron chi connectivity index (χ4n) is 1.96. The highest BCUT2D eigenvalue weighted by Crippen LogP contribution is 2.25. The van der Waals surface area contributed by atoms with E-state index in [0.29, 0.717) is 16.5 Å². The Bertz CT molecular complexity index is 710. The summed E-state index contributed by atoms with van der Waals surface area (Å²) in [5, 5.41) is 0.607. The lowest BCUT2D eigenvalue weighted by atomic mass is 10.1. The molecule has 0 heterocycles. The van der Waals surface area contributed by atoms with Crippen molar-refractivity contribution in [1.29, 1.82) is 0 Å². The summed E-state index contributed by atoms with van der Waals surface area (Å²) >= 11 is 5.88. The van der Waals surface area contributed by atoms with Crippen LogP contribution in [0.25, 0.3) is 6.08 Å². The van der Waals surface area contributed by atoms with E-state index in [4.69, 9.17) is 25.8 Å². The molecule has 0 aromatic heterocycles. The van der Waals surface area contributed by atoms with Gasteiger partial charge in [-0.15, -0.1) is 0 Å². The van der Waals surface area contributed by atoms with Crippen LogP contribution in [0.2, 0.25) is 5.02 Å². The smallest absolute Gasteiger partial charge is 0.331 e. The van der Waals surface area contributed by atoms with Gasteiger partial charge in [-0.3, -0.25) is 0 Å². The van der Waals surface area contributed by atoms with E-state index >= 15 is 0 Å². The Morgan fingerprint density at radius 1 is 1.13 bits per heavy atom. The molecule has 0 amide bonds. The second-order valence-corrected chi connectivity index (χ2v) is 5.12. The highest BCUT2D eigenvalue weighted by molar-refractivity contribution is 6.30. The molecule has 2 rings (SSSR count). The van der Waals surface area contributed by atoms with Gasteiger partial charge in [-0.05, 0) is 42.0 Å². The second-order valence-electron chi connectivity index (χ2n) is 4.68. The van der Waals surface area contributed by atoms with Crippen molar-refractivity contribution in [2.45, 2.75) is 6.61 Å². The molecule has 4 nitrogen and oxygen atoms in total. The van der Waals surface area contributed by atoms with Crippen molar-refractivity contribution in [3.05, 3.63) is 64.7 Å². The van der Waals surface area contributed by atoms with Crippen molar-refractivity contribution in [1.82, 2.24) is 0 Å². The van der Waals surface area contributed by atoms with Crippen LogP contribution in [0.1, 0.15) is 11.1 Å². The van der Waals surface area contributed by atoms with Crippen molar-refractivity contribution in [3.63, 3.8) is 0 Å². The van der Waals surface area contributed by atoms with Gasteiger partial charge in [-0.1, -0.05) is 23.7 Å². The van der Waals surface area contributed by atoms with Crippen LogP contribution in [0.5, 0.6) is 11.5 Å². The van der Waals surface area contributed by atoms with E-state index in [1.807, 2.05) is 12.1 Å². The zero-order chi connectivity index (χ0) is 16.7. The largest absolute Gasteiger partial charge is 0.497 e. The van der Waals surface area contributed by atoms with E-state index in [1.54, 1.807) is 50.6 Å². The second kappa shape index (κ2) is 8.25. The summed E-state index contributed by atoms with van der Waals surface area (Å²) in [5.74, 6) is 0.872. The van der Waals surface area contributed by atoms with Gasteiger partial charge < -0.3 is 14.2 Å². The van der Waals surface area contributed by atoms with Gasteiger partial charge in [0.2, 0.25) is 0 Å². The standard InChI is InChI=1S/C18H17ClO4/c1-21-16-7-8-17(22-2)14(11-16)6-9-18(20)23-12-13-4-3-5-15(19)10-13/h3-11H,12H2,1-2H3/b9-6+. The molecule has 0 aliphatic carbocycles. The summed E-state index contributed by atoms with van der Waals surface area (Å²) in [7, 11) is 3.14. The number of carbonyl (C=O) groups excluding carboxylic acids is 1. The van der Waals surface area contributed by atoms with E-state index in [-0.39, 0.29) is 6.61 Å². The van der Waals surface area contributed by atoms with Gasteiger partial charge >= 0.3 is 5.97 Å². The number of benzene rings is 2. The lowest BCUT2D eigenvalue weighted by Gasteiger charge is -2.07. The molecule has 0 atom stereocenters. The highest BCUT2D eigenvalue weighted by Gasteiger charge is 2.04. The molecule has 0 N–H and O–H groups in total. The van der Waals surface area contributed by atoms with Crippen molar-refractivity contribution in [2.24, 2.45) is 0 Å². The molecule has 2 aromatic carbocycles. The Balaban J connectivity index is 2.00. The van der Waals surface area contributed by atoms with E-state index in [2.05, 4.69) is 0 Å². The minimum Gasteiger partial charge on any atom is -0.497 e. The number of hydrogen-bond donors (Lipinski definition) is 0. The van der Waals surface area contributed by atoms with Gasteiger partial charge in [0.25, 0.3) is 0 Å². The molecule has 0 saturated carbocycles. The number of rotatable bonds is 6. The Morgan fingerprint density at radius 3 is 2.65 bits per heavy atom. The van der Waals surface area contributed by atoms with E-state index in [9.17, 15) is 4.79 Å². The minimum absolute atomic E-state index is 0.166. The molecule has 120 valence electrons. The maximum Gasteiger partial charge on any atom is 0.331 e. The van der Waals surface area contributed by atoms with Gasteiger partial charge in [0.15, 0.2) is 0 Å². The SMILES string of the molecule is COc1ccc(OC)c(/C=C/C(=O)OCc2cccc(Cl)c2)c1. The first-order valence-corrected chi connectivity index (χ1v) is 7.31. The molecule has 0 bridgehead atoms. The van der Waals surface area contributed by atoms with Crippen molar-refractivity contribution < 1.29 is 19.0 Å². The van der Waals surface area contributed by atoms with Crippen LogP contribution in [0, 0.1) is 0 Å². The molecule has 23 heavy (non-hydrogen) atoms. The molecule has 0 aliphatic rings. The molecule has 0 fully saturated rings. The number of esters is 1.